The number of halogens is 1. The van der Waals surface area contributed by atoms with Gasteiger partial charge in [-0.15, -0.1) is 10.2 Å². The standard InChI is InChI=1S/C17H10BrN3O3/c18-10-5-6-13-9(7-10)8-14(24-13)16(22)21-20-15-11-3-1-2-4-12(11)19-17(15)23/h1-8,19,23H. The lowest BCUT2D eigenvalue weighted by Gasteiger charge is -1.90. The Morgan fingerprint density at radius 1 is 1.17 bits per heavy atom. The largest absolute Gasteiger partial charge is 0.493 e. The predicted octanol–water partition coefficient (Wildman–Crippen LogP) is 5.31. The number of carbonyl (C=O) groups is 1. The summed E-state index contributed by atoms with van der Waals surface area (Å²) in [5, 5.41) is 18.9. The first kappa shape index (κ1) is 14.6. The van der Waals surface area contributed by atoms with E-state index < -0.39 is 5.91 Å². The number of aromatic hydroxyl groups is 1. The average molecular weight is 384 g/mol. The number of hydrogen-bond acceptors (Lipinski definition) is 4. The molecule has 4 aromatic rings. The molecule has 1 amide bonds. The molecule has 0 aliphatic carbocycles. The first-order chi connectivity index (χ1) is 11.6. The second-order valence-electron chi connectivity index (χ2n) is 5.17. The summed E-state index contributed by atoms with van der Waals surface area (Å²) in [6, 6.07) is 14.3. The van der Waals surface area contributed by atoms with Gasteiger partial charge < -0.3 is 14.5 Å². The Morgan fingerprint density at radius 2 is 2.00 bits per heavy atom. The molecule has 0 aliphatic rings. The number of para-hydroxylation sites is 1. The van der Waals surface area contributed by atoms with Crippen LogP contribution in [0.4, 0.5) is 5.69 Å². The zero-order valence-corrected chi connectivity index (χ0v) is 13.7. The summed E-state index contributed by atoms with van der Waals surface area (Å²) in [4.78, 5) is 15.0. The van der Waals surface area contributed by atoms with Gasteiger partial charge in [0, 0.05) is 15.2 Å². The Morgan fingerprint density at radius 3 is 2.88 bits per heavy atom. The van der Waals surface area contributed by atoms with E-state index in [0.29, 0.717) is 16.5 Å². The van der Waals surface area contributed by atoms with Crippen molar-refractivity contribution in [3.8, 4) is 5.88 Å². The van der Waals surface area contributed by atoms with Gasteiger partial charge in [0.05, 0.1) is 5.52 Å². The van der Waals surface area contributed by atoms with Crippen LogP contribution in [-0.2, 0) is 0 Å². The summed E-state index contributed by atoms with van der Waals surface area (Å²) in [7, 11) is 0. The lowest BCUT2D eigenvalue weighted by molar-refractivity contribution is 0.0970. The van der Waals surface area contributed by atoms with Gasteiger partial charge in [-0.05, 0) is 30.3 Å². The van der Waals surface area contributed by atoms with Crippen LogP contribution in [0.5, 0.6) is 5.88 Å². The van der Waals surface area contributed by atoms with Gasteiger partial charge in [-0.2, -0.15) is 0 Å². The summed E-state index contributed by atoms with van der Waals surface area (Å²) >= 11 is 3.37. The van der Waals surface area contributed by atoms with E-state index in [2.05, 4.69) is 31.1 Å². The third-order valence-electron chi connectivity index (χ3n) is 3.59. The number of hydrogen-bond donors (Lipinski definition) is 2. The van der Waals surface area contributed by atoms with E-state index in [1.165, 1.54) is 0 Å². The number of azo groups is 1. The Hall–Kier alpha value is -2.93. The molecular weight excluding hydrogens is 374 g/mol. The molecule has 2 aromatic heterocycles. The van der Waals surface area contributed by atoms with Gasteiger partial charge in [0.25, 0.3) is 0 Å². The number of fused-ring (bicyclic) bond motifs is 2. The summed E-state index contributed by atoms with van der Waals surface area (Å²) in [6.45, 7) is 0. The van der Waals surface area contributed by atoms with Crippen LogP contribution in [0.3, 0.4) is 0 Å². The van der Waals surface area contributed by atoms with Crippen molar-refractivity contribution in [2.75, 3.05) is 0 Å². The zero-order valence-electron chi connectivity index (χ0n) is 12.2. The second kappa shape index (κ2) is 5.61. The molecule has 2 heterocycles. The van der Waals surface area contributed by atoms with Crippen LogP contribution in [0, 0.1) is 0 Å². The quantitative estimate of drug-likeness (QED) is 0.459. The number of amides is 1. The highest BCUT2D eigenvalue weighted by Gasteiger charge is 2.14. The lowest BCUT2D eigenvalue weighted by Crippen LogP contribution is -1.89. The van der Waals surface area contributed by atoms with Crippen molar-refractivity contribution in [3.63, 3.8) is 0 Å². The van der Waals surface area contributed by atoms with Gasteiger partial charge in [-0.3, -0.25) is 4.79 Å². The van der Waals surface area contributed by atoms with E-state index >= 15 is 0 Å². The average Bonchev–Trinajstić information content (AvgIpc) is 3.12. The molecule has 0 spiro atoms. The second-order valence-corrected chi connectivity index (χ2v) is 6.08. The Balaban J connectivity index is 1.69. The van der Waals surface area contributed by atoms with E-state index in [-0.39, 0.29) is 17.3 Å². The van der Waals surface area contributed by atoms with E-state index in [1.54, 1.807) is 24.3 Å². The molecule has 24 heavy (non-hydrogen) atoms. The van der Waals surface area contributed by atoms with Crippen LogP contribution < -0.4 is 0 Å². The number of aromatic nitrogens is 1. The fourth-order valence-corrected chi connectivity index (χ4v) is 2.86. The van der Waals surface area contributed by atoms with Gasteiger partial charge in [0.2, 0.25) is 5.88 Å². The monoisotopic (exact) mass is 383 g/mol. The fraction of sp³-hybridized carbons (Fsp3) is 0. The van der Waals surface area contributed by atoms with Crippen LogP contribution in [0.1, 0.15) is 10.6 Å². The number of benzene rings is 2. The minimum absolute atomic E-state index is 0.0891. The van der Waals surface area contributed by atoms with Crippen molar-refractivity contribution in [1.82, 2.24) is 4.98 Å². The van der Waals surface area contributed by atoms with Gasteiger partial charge in [0.1, 0.15) is 5.58 Å². The smallest absolute Gasteiger partial charge is 0.331 e. The summed E-state index contributed by atoms with van der Waals surface area (Å²) in [5.74, 6) is -0.667. The lowest BCUT2D eigenvalue weighted by atomic mass is 10.2. The predicted molar refractivity (Wildman–Crippen MR) is 92.7 cm³/mol. The van der Waals surface area contributed by atoms with Gasteiger partial charge in [0.15, 0.2) is 11.4 Å². The highest BCUT2D eigenvalue weighted by molar-refractivity contribution is 9.10. The highest BCUT2D eigenvalue weighted by Crippen LogP contribution is 2.35. The van der Waals surface area contributed by atoms with E-state index in [1.807, 2.05) is 24.3 Å². The van der Waals surface area contributed by atoms with Crippen LogP contribution in [0.2, 0.25) is 0 Å². The molecule has 0 unspecified atom stereocenters. The van der Waals surface area contributed by atoms with Gasteiger partial charge in [-0.1, -0.05) is 34.1 Å². The normalized spacial score (nSPS) is 11.7. The number of furan rings is 1. The van der Waals surface area contributed by atoms with Crippen molar-refractivity contribution in [2.24, 2.45) is 10.2 Å². The molecule has 118 valence electrons. The summed E-state index contributed by atoms with van der Waals surface area (Å²) in [6.07, 6.45) is 0. The number of carbonyl (C=O) groups excluding carboxylic acids is 1. The minimum Gasteiger partial charge on any atom is -0.493 e. The van der Waals surface area contributed by atoms with Gasteiger partial charge in [-0.25, -0.2) is 0 Å². The van der Waals surface area contributed by atoms with Crippen LogP contribution in [0.15, 0.2) is 67.6 Å². The maximum atomic E-state index is 12.2. The molecule has 0 saturated carbocycles. The molecule has 0 fully saturated rings. The molecule has 0 aliphatic heterocycles. The number of aromatic amines is 1. The van der Waals surface area contributed by atoms with Crippen molar-refractivity contribution < 1.29 is 14.3 Å². The van der Waals surface area contributed by atoms with Crippen LogP contribution in [0.25, 0.3) is 21.9 Å². The third kappa shape index (κ3) is 2.48. The molecule has 7 heteroatoms. The Labute approximate surface area is 143 Å². The molecule has 0 bridgehead atoms. The maximum absolute atomic E-state index is 12.2. The molecule has 6 nitrogen and oxygen atoms in total. The minimum atomic E-state index is -0.619. The molecule has 2 N–H and O–H groups in total. The number of H-pyrrole nitrogens is 1. The zero-order chi connectivity index (χ0) is 16.7. The number of nitrogens with zero attached hydrogens (tertiary/aromatic N) is 2. The molecule has 0 radical (unpaired) electrons. The Kier molecular flexibility index (Phi) is 3.42. The van der Waals surface area contributed by atoms with Gasteiger partial charge >= 0.3 is 5.91 Å². The third-order valence-corrected chi connectivity index (χ3v) is 4.08. The van der Waals surface area contributed by atoms with Crippen molar-refractivity contribution in [3.05, 3.63) is 58.8 Å². The molecule has 0 atom stereocenters. The van der Waals surface area contributed by atoms with Crippen molar-refractivity contribution >= 4 is 49.4 Å². The maximum Gasteiger partial charge on any atom is 0.331 e. The molecule has 0 saturated heterocycles. The molecule has 2 aromatic carbocycles. The highest BCUT2D eigenvalue weighted by atomic mass is 79.9. The van der Waals surface area contributed by atoms with Crippen LogP contribution in [-0.4, -0.2) is 16.0 Å². The Bertz CT molecular complexity index is 1110. The van der Waals surface area contributed by atoms with E-state index in [0.717, 1.165) is 9.86 Å². The summed E-state index contributed by atoms with van der Waals surface area (Å²) < 4.78 is 6.37. The summed E-state index contributed by atoms with van der Waals surface area (Å²) in [5.41, 5.74) is 1.52. The SMILES string of the molecule is O=C(N=Nc1c(O)[nH]c2ccccc12)c1cc2cc(Br)ccc2o1. The first-order valence-electron chi connectivity index (χ1n) is 7.06. The fourth-order valence-electron chi connectivity index (χ4n) is 2.48. The first-order valence-corrected chi connectivity index (χ1v) is 7.86. The van der Waals surface area contributed by atoms with E-state index in [4.69, 9.17) is 4.42 Å². The molecular formula is C17H10BrN3O3. The number of nitrogens with one attached hydrogen (secondary N) is 1. The van der Waals surface area contributed by atoms with Crippen LogP contribution >= 0.6 is 15.9 Å². The number of rotatable bonds is 2. The topological polar surface area (TPSA) is 91.0 Å². The van der Waals surface area contributed by atoms with Crippen molar-refractivity contribution in [2.45, 2.75) is 0 Å². The van der Waals surface area contributed by atoms with Crippen molar-refractivity contribution in [1.29, 1.82) is 0 Å². The van der Waals surface area contributed by atoms with E-state index in [9.17, 15) is 9.90 Å². The molecule has 4 rings (SSSR count).